The molecule has 0 bridgehead atoms. The van der Waals surface area contributed by atoms with Gasteiger partial charge in [0.2, 0.25) is 0 Å². The average molecular weight is 215 g/mol. The lowest BCUT2D eigenvalue weighted by Crippen LogP contribution is -1.91. The molecule has 0 heterocycles. The molecule has 11 heavy (non-hydrogen) atoms. The highest BCUT2D eigenvalue weighted by Gasteiger charge is 2.01. The Morgan fingerprint density at radius 3 is 2.27 bits per heavy atom. The van der Waals surface area contributed by atoms with Crippen molar-refractivity contribution in [3.63, 3.8) is 0 Å². The van der Waals surface area contributed by atoms with Crippen molar-refractivity contribution in [1.29, 1.82) is 0 Å². The summed E-state index contributed by atoms with van der Waals surface area (Å²) in [6, 6.07) is 0. The molecule has 0 unspecified atom stereocenters. The zero-order valence-electron chi connectivity index (χ0n) is 7.39. The lowest BCUT2D eigenvalue weighted by molar-refractivity contribution is 0.791. The fourth-order valence-electron chi connectivity index (χ4n) is 0.852. The number of allylic oxidation sites excluding steroid dienone is 5. The monoisotopic (exact) mass is 214 g/mol. The van der Waals surface area contributed by atoms with Crippen LogP contribution in [-0.2, 0) is 0 Å². The molecule has 0 aliphatic rings. The molecule has 1 heteroatoms. The van der Waals surface area contributed by atoms with Crippen LogP contribution >= 0.6 is 15.9 Å². The molecule has 0 nitrogen and oxygen atoms in total. The summed E-state index contributed by atoms with van der Waals surface area (Å²) in [5.74, 6) is 0.526. The Labute approximate surface area is 77.8 Å². The quantitative estimate of drug-likeness (QED) is 0.623. The van der Waals surface area contributed by atoms with Gasteiger partial charge >= 0.3 is 0 Å². The van der Waals surface area contributed by atoms with E-state index in [1.807, 2.05) is 25.2 Å². The van der Waals surface area contributed by atoms with Crippen molar-refractivity contribution < 1.29 is 0 Å². The van der Waals surface area contributed by atoms with Gasteiger partial charge in [-0.3, -0.25) is 0 Å². The normalized spacial score (nSPS) is 13.9. The van der Waals surface area contributed by atoms with E-state index in [2.05, 4.69) is 36.4 Å². The fraction of sp³-hybridized carbons (Fsp3) is 0.400. The number of hydrogen-bond donors (Lipinski definition) is 0. The minimum atomic E-state index is 0.526. The number of halogens is 1. The Balaban J connectivity index is 4.67. The molecule has 0 aromatic heterocycles. The summed E-state index contributed by atoms with van der Waals surface area (Å²) in [6.45, 7) is 10.1. The van der Waals surface area contributed by atoms with Crippen LogP contribution in [0.25, 0.3) is 0 Å². The van der Waals surface area contributed by atoms with Crippen LogP contribution in [0.5, 0.6) is 0 Å². The molecule has 0 spiro atoms. The maximum atomic E-state index is 3.76. The third-order valence-corrected chi connectivity index (χ3v) is 2.15. The summed E-state index contributed by atoms with van der Waals surface area (Å²) in [5, 5.41) is 0. The summed E-state index contributed by atoms with van der Waals surface area (Å²) in [7, 11) is 0. The molecule has 0 amide bonds. The van der Waals surface area contributed by atoms with Gasteiger partial charge in [-0.1, -0.05) is 54.6 Å². The largest absolute Gasteiger partial charge is 0.0987 e. The zero-order chi connectivity index (χ0) is 8.85. The van der Waals surface area contributed by atoms with E-state index in [1.165, 1.54) is 5.57 Å². The maximum Gasteiger partial charge on any atom is 0.0206 e. The Morgan fingerprint density at radius 1 is 1.45 bits per heavy atom. The van der Waals surface area contributed by atoms with Gasteiger partial charge in [-0.05, 0) is 18.4 Å². The Kier molecular flexibility index (Phi) is 5.22. The third-order valence-electron chi connectivity index (χ3n) is 1.43. The SMILES string of the molecule is C=C/C(=C(Br)\C=C/C)C(C)C. The summed E-state index contributed by atoms with van der Waals surface area (Å²) in [5.41, 5.74) is 1.25. The van der Waals surface area contributed by atoms with Crippen molar-refractivity contribution in [2.24, 2.45) is 5.92 Å². The smallest absolute Gasteiger partial charge is 0.0206 e. The molecule has 0 aliphatic heterocycles. The van der Waals surface area contributed by atoms with Gasteiger partial charge in [0.25, 0.3) is 0 Å². The molecular weight excluding hydrogens is 200 g/mol. The van der Waals surface area contributed by atoms with Crippen LogP contribution in [0.1, 0.15) is 20.8 Å². The van der Waals surface area contributed by atoms with Crippen molar-refractivity contribution in [3.05, 3.63) is 34.9 Å². The number of hydrogen-bond acceptors (Lipinski definition) is 0. The van der Waals surface area contributed by atoms with Crippen molar-refractivity contribution in [3.8, 4) is 0 Å². The second-order valence-corrected chi connectivity index (χ2v) is 3.52. The molecular formula is C10H15Br. The third kappa shape index (κ3) is 3.57. The fourth-order valence-corrected chi connectivity index (χ4v) is 1.74. The summed E-state index contributed by atoms with van der Waals surface area (Å²) >= 11 is 3.49. The Bertz CT molecular complexity index is 185. The second kappa shape index (κ2) is 5.36. The van der Waals surface area contributed by atoms with Crippen LogP contribution < -0.4 is 0 Å². The van der Waals surface area contributed by atoms with Gasteiger partial charge in [-0.15, -0.1) is 0 Å². The minimum Gasteiger partial charge on any atom is -0.0987 e. The summed E-state index contributed by atoms with van der Waals surface area (Å²) in [6.07, 6.45) is 5.95. The molecule has 0 saturated heterocycles. The Morgan fingerprint density at radius 2 is 2.00 bits per heavy atom. The minimum absolute atomic E-state index is 0.526. The number of rotatable bonds is 3. The van der Waals surface area contributed by atoms with E-state index in [0.717, 1.165) is 4.48 Å². The summed E-state index contributed by atoms with van der Waals surface area (Å²) in [4.78, 5) is 0. The molecule has 0 N–H and O–H groups in total. The highest BCUT2D eigenvalue weighted by atomic mass is 79.9. The van der Waals surface area contributed by atoms with Gasteiger partial charge < -0.3 is 0 Å². The van der Waals surface area contributed by atoms with Crippen LogP contribution in [0, 0.1) is 5.92 Å². The highest BCUT2D eigenvalue weighted by Crippen LogP contribution is 2.21. The van der Waals surface area contributed by atoms with Crippen molar-refractivity contribution >= 4 is 15.9 Å². The first-order valence-electron chi connectivity index (χ1n) is 3.78. The molecule has 0 radical (unpaired) electrons. The molecule has 0 rings (SSSR count). The lowest BCUT2D eigenvalue weighted by Gasteiger charge is -2.06. The van der Waals surface area contributed by atoms with Crippen molar-refractivity contribution in [2.45, 2.75) is 20.8 Å². The van der Waals surface area contributed by atoms with Gasteiger partial charge in [0, 0.05) is 4.48 Å². The van der Waals surface area contributed by atoms with Crippen LogP contribution in [0.15, 0.2) is 34.9 Å². The molecule has 0 fully saturated rings. The van der Waals surface area contributed by atoms with E-state index >= 15 is 0 Å². The van der Waals surface area contributed by atoms with E-state index in [0.29, 0.717) is 5.92 Å². The predicted molar refractivity (Wildman–Crippen MR) is 55.8 cm³/mol. The van der Waals surface area contributed by atoms with Gasteiger partial charge in [0.15, 0.2) is 0 Å². The van der Waals surface area contributed by atoms with Gasteiger partial charge in [-0.2, -0.15) is 0 Å². The molecule has 0 aromatic rings. The molecule has 0 atom stereocenters. The standard InChI is InChI=1S/C10H15Br/c1-5-7-10(11)9(6-2)8(3)4/h5-8H,2H2,1,3-4H3/b7-5-,10-9-. The van der Waals surface area contributed by atoms with Crippen molar-refractivity contribution in [2.75, 3.05) is 0 Å². The average Bonchev–Trinajstić information content (AvgIpc) is 1.88. The van der Waals surface area contributed by atoms with E-state index < -0.39 is 0 Å². The van der Waals surface area contributed by atoms with Crippen LogP contribution in [0.2, 0.25) is 0 Å². The van der Waals surface area contributed by atoms with Crippen LogP contribution in [0.4, 0.5) is 0 Å². The van der Waals surface area contributed by atoms with Gasteiger partial charge in [0.05, 0.1) is 0 Å². The van der Waals surface area contributed by atoms with E-state index in [4.69, 9.17) is 0 Å². The Hall–Kier alpha value is -0.300. The first-order chi connectivity index (χ1) is 5.13. The molecule has 62 valence electrons. The second-order valence-electron chi connectivity index (χ2n) is 2.66. The van der Waals surface area contributed by atoms with Crippen LogP contribution in [-0.4, -0.2) is 0 Å². The first-order valence-corrected chi connectivity index (χ1v) is 4.57. The summed E-state index contributed by atoms with van der Waals surface area (Å²) < 4.78 is 1.13. The predicted octanol–water partition coefficient (Wildman–Crippen LogP) is 4.05. The van der Waals surface area contributed by atoms with Gasteiger partial charge in [-0.25, -0.2) is 0 Å². The topological polar surface area (TPSA) is 0 Å². The molecule has 0 saturated carbocycles. The molecule has 0 aliphatic carbocycles. The maximum absolute atomic E-state index is 3.76. The zero-order valence-corrected chi connectivity index (χ0v) is 8.98. The highest BCUT2D eigenvalue weighted by molar-refractivity contribution is 9.11. The van der Waals surface area contributed by atoms with Crippen molar-refractivity contribution in [1.82, 2.24) is 0 Å². The van der Waals surface area contributed by atoms with Crippen LogP contribution in [0.3, 0.4) is 0 Å². The van der Waals surface area contributed by atoms with E-state index in [1.54, 1.807) is 0 Å². The molecule has 0 aromatic carbocycles. The van der Waals surface area contributed by atoms with E-state index in [-0.39, 0.29) is 0 Å². The van der Waals surface area contributed by atoms with E-state index in [9.17, 15) is 0 Å². The first kappa shape index (κ1) is 10.7. The van der Waals surface area contributed by atoms with Gasteiger partial charge in [0.1, 0.15) is 0 Å². The lowest BCUT2D eigenvalue weighted by atomic mass is 10.0.